The van der Waals surface area contributed by atoms with Gasteiger partial charge >= 0.3 is 0 Å². The second-order valence-electron chi connectivity index (χ2n) is 3.62. The Balaban J connectivity index is 2.24. The first-order chi connectivity index (χ1) is 7.22. The number of aromatic nitrogens is 2. The van der Waals surface area contributed by atoms with E-state index >= 15 is 0 Å². The molecule has 1 aromatic rings. The molecule has 0 bridgehead atoms. The highest BCUT2D eigenvalue weighted by Crippen LogP contribution is 2.24. The summed E-state index contributed by atoms with van der Waals surface area (Å²) in [6.07, 6.45) is 2.53. The summed E-state index contributed by atoms with van der Waals surface area (Å²) in [6.45, 7) is 1.83. The Morgan fingerprint density at radius 3 is 3.20 bits per heavy atom. The molecule has 2 heterocycles. The standard InChI is InChI=1S/C9H11ClIN3O/c10-3-6-1-2-14(4-6)8-7(11)9(15)13-5-12-8/h5-6H,1-4H2,(H,12,13,15). The van der Waals surface area contributed by atoms with Gasteiger partial charge in [-0.1, -0.05) is 0 Å². The molecule has 1 unspecified atom stereocenters. The van der Waals surface area contributed by atoms with Crippen LogP contribution in [0.4, 0.5) is 5.82 Å². The van der Waals surface area contributed by atoms with Gasteiger partial charge in [0.25, 0.3) is 5.56 Å². The summed E-state index contributed by atoms with van der Waals surface area (Å²) in [4.78, 5) is 20.3. The van der Waals surface area contributed by atoms with Crippen molar-refractivity contribution in [2.75, 3.05) is 23.9 Å². The van der Waals surface area contributed by atoms with Gasteiger partial charge in [0, 0.05) is 19.0 Å². The maximum Gasteiger partial charge on any atom is 0.266 e. The number of rotatable bonds is 2. The summed E-state index contributed by atoms with van der Waals surface area (Å²) >= 11 is 7.85. The predicted molar refractivity (Wildman–Crippen MR) is 68.6 cm³/mol. The van der Waals surface area contributed by atoms with Crippen molar-refractivity contribution in [1.29, 1.82) is 0 Å². The summed E-state index contributed by atoms with van der Waals surface area (Å²) in [6, 6.07) is 0. The van der Waals surface area contributed by atoms with E-state index in [0.717, 1.165) is 25.3 Å². The van der Waals surface area contributed by atoms with E-state index in [4.69, 9.17) is 11.6 Å². The molecule has 0 spiro atoms. The Labute approximate surface area is 106 Å². The van der Waals surface area contributed by atoms with Crippen molar-refractivity contribution in [3.8, 4) is 0 Å². The highest BCUT2D eigenvalue weighted by atomic mass is 127. The molecule has 1 saturated heterocycles. The lowest BCUT2D eigenvalue weighted by atomic mass is 10.2. The average Bonchev–Trinajstić information content (AvgIpc) is 2.70. The topological polar surface area (TPSA) is 49.0 Å². The van der Waals surface area contributed by atoms with Gasteiger partial charge in [-0.05, 0) is 34.9 Å². The minimum atomic E-state index is -0.0741. The van der Waals surface area contributed by atoms with Crippen LogP contribution in [0.25, 0.3) is 0 Å². The highest BCUT2D eigenvalue weighted by Gasteiger charge is 2.24. The van der Waals surface area contributed by atoms with E-state index in [2.05, 4.69) is 14.9 Å². The molecule has 15 heavy (non-hydrogen) atoms. The van der Waals surface area contributed by atoms with Crippen molar-refractivity contribution in [2.45, 2.75) is 6.42 Å². The molecule has 1 fully saturated rings. The third-order valence-corrected chi connectivity index (χ3v) is 3.99. The summed E-state index contributed by atoms with van der Waals surface area (Å²) in [5.41, 5.74) is -0.0741. The van der Waals surface area contributed by atoms with Crippen LogP contribution in [0.3, 0.4) is 0 Å². The quantitative estimate of drug-likeness (QED) is 0.655. The Bertz CT molecular complexity index is 409. The third kappa shape index (κ3) is 2.28. The van der Waals surface area contributed by atoms with Gasteiger partial charge in [0.1, 0.15) is 9.39 Å². The number of hydrogen-bond acceptors (Lipinski definition) is 3. The van der Waals surface area contributed by atoms with E-state index in [9.17, 15) is 4.79 Å². The van der Waals surface area contributed by atoms with Crippen molar-refractivity contribution in [2.24, 2.45) is 5.92 Å². The molecule has 4 nitrogen and oxygen atoms in total. The number of hydrogen-bond donors (Lipinski definition) is 1. The van der Waals surface area contributed by atoms with Crippen molar-refractivity contribution in [3.63, 3.8) is 0 Å². The van der Waals surface area contributed by atoms with Crippen LogP contribution in [0.15, 0.2) is 11.1 Å². The van der Waals surface area contributed by atoms with Crippen LogP contribution >= 0.6 is 34.2 Å². The van der Waals surface area contributed by atoms with Gasteiger partial charge in [0.15, 0.2) is 0 Å². The normalized spacial score (nSPS) is 20.9. The largest absolute Gasteiger partial charge is 0.355 e. The molecule has 0 saturated carbocycles. The highest BCUT2D eigenvalue weighted by molar-refractivity contribution is 14.1. The Kier molecular flexibility index (Phi) is 3.50. The Morgan fingerprint density at radius 1 is 1.73 bits per heavy atom. The summed E-state index contributed by atoms with van der Waals surface area (Å²) in [5.74, 6) is 1.98. The van der Waals surface area contributed by atoms with Crippen molar-refractivity contribution < 1.29 is 0 Å². The lowest BCUT2D eigenvalue weighted by Crippen LogP contribution is -2.25. The monoisotopic (exact) mass is 339 g/mol. The van der Waals surface area contributed by atoms with E-state index in [1.807, 2.05) is 22.6 Å². The van der Waals surface area contributed by atoms with E-state index in [0.29, 0.717) is 15.4 Å². The lowest BCUT2D eigenvalue weighted by Gasteiger charge is -2.17. The first-order valence-corrected chi connectivity index (χ1v) is 6.37. The number of alkyl halides is 1. The number of anilines is 1. The van der Waals surface area contributed by atoms with Crippen LogP contribution in [0.2, 0.25) is 0 Å². The molecule has 82 valence electrons. The minimum absolute atomic E-state index is 0.0741. The average molecular weight is 340 g/mol. The van der Waals surface area contributed by atoms with Gasteiger partial charge in [-0.25, -0.2) is 4.98 Å². The number of halogens is 2. The zero-order valence-electron chi connectivity index (χ0n) is 8.04. The fourth-order valence-corrected chi connectivity index (χ4v) is 2.63. The molecule has 1 atom stereocenters. The van der Waals surface area contributed by atoms with Crippen LogP contribution in [0.5, 0.6) is 0 Å². The molecule has 1 aliphatic heterocycles. The van der Waals surface area contributed by atoms with Crippen molar-refractivity contribution >= 4 is 40.0 Å². The summed E-state index contributed by atoms with van der Waals surface area (Å²) in [5, 5.41) is 0. The van der Waals surface area contributed by atoms with E-state index in [1.165, 1.54) is 6.33 Å². The van der Waals surface area contributed by atoms with Crippen LogP contribution in [0.1, 0.15) is 6.42 Å². The van der Waals surface area contributed by atoms with Crippen LogP contribution in [-0.4, -0.2) is 28.9 Å². The predicted octanol–water partition coefficient (Wildman–Crippen LogP) is 1.44. The number of nitrogens with zero attached hydrogens (tertiary/aromatic N) is 2. The molecule has 0 aromatic carbocycles. The van der Waals surface area contributed by atoms with Gasteiger partial charge in [-0.3, -0.25) is 4.79 Å². The van der Waals surface area contributed by atoms with Gasteiger partial charge in [-0.2, -0.15) is 0 Å². The molecular weight excluding hydrogens is 328 g/mol. The zero-order chi connectivity index (χ0) is 10.8. The zero-order valence-corrected chi connectivity index (χ0v) is 11.0. The van der Waals surface area contributed by atoms with E-state index in [1.54, 1.807) is 0 Å². The SMILES string of the molecule is O=c1[nH]cnc(N2CCC(CCl)C2)c1I. The van der Waals surface area contributed by atoms with Crippen molar-refractivity contribution in [3.05, 3.63) is 20.3 Å². The second-order valence-corrected chi connectivity index (χ2v) is 5.01. The molecular formula is C9H11ClIN3O. The number of nitrogens with one attached hydrogen (secondary N) is 1. The van der Waals surface area contributed by atoms with Gasteiger partial charge in [-0.15, -0.1) is 11.6 Å². The molecule has 0 radical (unpaired) electrons. The Morgan fingerprint density at radius 2 is 2.53 bits per heavy atom. The fourth-order valence-electron chi connectivity index (χ4n) is 1.75. The summed E-state index contributed by atoms with van der Waals surface area (Å²) < 4.78 is 0.658. The number of H-pyrrole nitrogens is 1. The first-order valence-electron chi connectivity index (χ1n) is 4.76. The van der Waals surface area contributed by atoms with Crippen LogP contribution in [-0.2, 0) is 0 Å². The molecule has 6 heteroatoms. The van der Waals surface area contributed by atoms with Gasteiger partial charge in [0.2, 0.25) is 0 Å². The van der Waals surface area contributed by atoms with Gasteiger partial charge in [0.05, 0.1) is 6.33 Å². The maximum absolute atomic E-state index is 11.4. The third-order valence-electron chi connectivity index (χ3n) is 2.58. The lowest BCUT2D eigenvalue weighted by molar-refractivity contribution is 0.666. The fraction of sp³-hybridized carbons (Fsp3) is 0.556. The molecule has 0 amide bonds. The minimum Gasteiger partial charge on any atom is -0.355 e. The molecule has 1 aliphatic rings. The molecule has 1 aromatic heterocycles. The van der Waals surface area contributed by atoms with E-state index in [-0.39, 0.29) is 5.56 Å². The molecule has 0 aliphatic carbocycles. The Hall–Kier alpha value is -0.300. The number of aromatic amines is 1. The summed E-state index contributed by atoms with van der Waals surface area (Å²) in [7, 11) is 0. The molecule has 2 rings (SSSR count). The van der Waals surface area contributed by atoms with Crippen LogP contribution in [0, 0.1) is 9.49 Å². The second kappa shape index (κ2) is 4.69. The molecule has 1 N–H and O–H groups in total. The smallest absolute Gasteiger partial charge is 0.266 e. The van der Waals surface area contributed by atoms with Crippen molar-refractivity contribution in [1.82, 2.24) is 9.97 Å². The van der Waals surface area contributed by atoms with E-state index < -0.39 is 0 Å². The maximum atomic E-state index is 11.4. The van der Waals surface area contributed by atoms with Crippen LogP contribution < -0.4 is 10.5 Å². The first kappa shape index (κ1) is 11.2. The van der Waals surface area contributed by atoms with Gasteiger partial charge < -0.3 is 9.88 Å².